The van der Waals surface area contributed by atoms with Crippen molar-refractivity contribution < 1.29 is 4.79 Å². The van der Waals surface area contributed by atoms with E-state index in [0.29, 0.717) is 5.75 Å². The minimum absolute atomic E-state index is 0.120. The largest absolute Gasteiger partial charge is 0.311 e. The summed E-state index contributed by atoms with van der Waals surface area (Å²) in [6.45, 7) is 0.789. The van der Waals surface area contributed by atoms with Crippen molar-refractivity contribution in [3.63, 3.8) is 0 Å². The molecule has 0 aliphatic carbocycles. The Kier molecular flexibility index (Phi) is 3.75. The van der Waals surface area contributed by atoms with Crippen LogP contribution in [0.15, 0.2) is 53.8 Å². The molecule has 1 aromatic carbocycles. The molecule has 4 rings (SSSR count). The molecule has 1 amide bonds. The Labute approximate surface area is 138 Å². The number of amides is 1. The number of benzene rings is 1. The molecule has 3 heterocycles. The molecule has 0 unspecified atom stereocenters. The number of carbonyl (C=O) groups is 1. The van der Waals surface area contributed by atoms with E-state index in [2.05, 4.69) is 16.3 Å². The zero-order chi connectivity index (χ0) is 15.6. The van der Waals surface area contributed by atoms with Gasteiger partial charge >= 0.3 is 0 Å². The fourth-order valence-corrected chi connectivity index (χ4v) is 3.72. The number of para-hydroxylation sites is 1. The molecule has 23 heavy (non-hydrogen) atoms. The molecular formula is C17H16N4OS. The van der Waals surface area contributed by atoms with E-state index in [-0.39, 0.29) is 5.91 Å². The standard InChI is InChI=1S/C17H16N4OS/c22-16(20-11-5-7-13-6-1-2-8-14(13)20)12-23-17-19-18-15-9-3-4-10-21(15)17/h1-4,6,8-10H,5,7,11-12H2. The number of hydrogen-bond acceptors (Lipinski definition) is 4. The number of aromatic nitrogens is 3. The van der Waals surface area contributed by atoms with Crippen molar-refractivity contribution in [3.05, 3.63) is 54.2 Å². The number of thioether (sulfide) groups is 1. The van der Waals surface area contributed by atoms with Gasteiger partial charge in [0.05, 0.1) is 5.75 Å². The Morgan fingerprint density at radius 3 is 2.96 bits per heavy atom. The quantitative estimate of drug-likeness (QED) is 0.695. The number of nitrogens with zero attached hydrogens (tertiary/aromatic N) is 4. The highest BCUT2D eigenvalue weighted by molar-refractivity contribution is 7.99. The molecule has 0 atom stereocenters. The van der Waals surface area contributed by atoms with Crippen molar-refractivity contribution >= 4 is 29.0 Å². The van der Waals surface area contributed by atoms with Gasteiger partial charge in [-0.3, -0.25) is 9.20 Å². The lowest BCUT2D eigenvalue weighted by Crippen LogP contribution is -2.36. The Hall–Kier alpha value is -2.34. The normalized spacial score (nSPS) is 14.0. The SMILES string of the molecule is O=C(CSc1nnc2ccccn12)N1CCCc2ccccc21. The summed E-state index contributed by atoms with van der Waals surface area (Å²) in [5.41, 5.74) is 3.10. The smallest absolute Gasteiger partial charge is 0.237 e. The topological polar surface area (TPSA) is 50.5 Å². The highest BCUT2D eigenvalue weighted by atomic mass is 32.2. The van der Waals surface area contributed by atoms with Crippen LogP contribution in [0.1, 0.15) is 12.0 Å². The van der Waals surface area contributed by atoms with Crippen LogP contribution in [-0.2, 0) is 11.2 Å². The van der Waals surface area contributed by atoms with E-state index in [4.69, 9.17) is 0 Å². The molecule has 0 fully saturated rings. The fraction of sp³-hybridized carbons (Fsp3) is 0.235. The number of anilines is 1. The Bertz CT molecular complexity index is 860. The first-order valence-corrected chi connectivity index (χ1v) is 8.62. The van der Waals surface area contributed by atoms with Crippen molar-refractivity contribution in [2.45, 2.75) is 18.0 Å². The summed E-state index contributed by atoms with van der Waals surface area (Å²) in [7, 11) is 0. The summed E-state index contributed by atoms with van der Waals surface area (Å²) >= 11 is 1.43. The molecule has 0 bridgehead atoms. The van der Waals surface area contributed by atoms with Gasteiger partial charge in [-0.25, -0.2) is 0 Å². The summed E-state index contributed by atoms with van der Waals surface area (Å²) in [5.74, 6) is 0.485. The van der Waals surface area contributed by atoms with Crippen LogP contribution in [-0.4, -0.2) is 32.8 Å². The maximum Gasteiger partial charge on any atom is 0.237 e. The second-order valence-corrected chi connectivity index (χ2v) is 6.42. The van der Waals surface area contributed by atoms with Crippen molar-refractivity contribution in [1.29, 1.82) is 0 Å². The Balaban J connectivity index is 1.51. The zero-order valence-electron chi connectivity index (χ0n) is 12.6. The first kappa shape index (κ1) is 14.3. The third-order valence-electron chi connectivity index (χ3n) is 4.02. The van der Waals surface area contributed by atoms with Crippen LogP contribution in [0.2, 0.25) is 0 Å². The van der Waals surface area contributed by atoms with Gasteiger partial charge in [0, 0.05) is 18.4 Å². The van der Waals surface area contributed by atoms with Crippen LogP contribution < -0.4 is 4.90 Å². The molecule has 0 saturated heterocycles. The van der Waals surface area contributed by atoms with E-state index >= 15 is 0 Å². The Morgan fingerprint density at radius 1 is 1.13 bits per heavy atom. The van der Waals surface area contributed by atoms with Crippen LogP contribution in [0.25, 0.3) is 5.65 Å². The van der Waals surface area contributed by atoms with Gasteiger partial charge in [-0.1, -0.05) is 36.0 Å². The van der Waals surface area contributed by atoms with E-state index in [1.165, 1.54) is 17.3 Å². The minimum Gasteiger partial charge on any atom is -0.311 e. The predicted molar refractivity (Wildman–Crippen MR) is 90.8 cm³/mol. The van der Waals surface area contributed by atoms with Gasteiger partial charge < -0.3 is 4.90 Å². The molecule has 5 nitrogen and oxygen atoms in total. The number of pyridine rings is 1. The Morgan fingerprint density at radius 2 is 2.00 bits per heavy atom. The van der Waals surface area contributed by atoms with Crippen molar-refractivity contribution in [3.8, 4) is 0 Å². The summed E-state index contributed by atoms with van der Waals surface area (Å²) in [4.78, 5) is 14.5. The van der Waals surface area contributed by atoms with Crippen molar-refractivity contribution in [1.82, 2.24) is 14.6 Å². The van der Waals surface area contributed by atoms with Gasteiger partial charge in [-0.05, 0) is 36.6 Å². The lowest BCUT2D eigenvalue weighted by atomic mass is 10.0. The second kappa shape index (κ2) is 6.04. The first-order chi connectivity index (χ1) is 11.3. The van der Waals surface area contributed by atoms with Gasteiger partial charge in [0.1, 0.15) is 0 Å². The highest BCUT2D eigenvalue weighted by Gasteiger charge is 2.22. The maximum atomic E-state index is 12.6. The van der Waals surface area contributed by atoms with E-state index in [1.807, 2.05) is 51.9 Å². The third-order valence-corrected chi connectivity index (χ3v) is 4.95. The summed E-state index contributed by atoms with van der Waals surface area (Å²) < 4.78 is 1.90. The number of fused-ring (bicyclic) bond motifs is 2. The van der Waals surface area contributed by atoms with Gasteiger partial charge in [-0.15, -0.1) is 10.2 Å². The summed E-state index contributed by atoms with van der Waals surface area (Å²) in [6, 6.07) is 13.9. The van der Waals surface area contributed by atoms with Crippen LogP contribution in [0.4, 0.5) is 5.69 Å². The van der Waals surface area contributed by atoms with Gasteiger partial charge in [0.2, 0.25) is 5.91 Å². The summed E-state index contributed by atoms with van der Waals surface area (Å²) in [6.07, 6.45) is 3.97. The average Bonchev–Trinajstić information content (AvgIpc) is 3.02. The molecule has 0 spiro atoms. The fourth-order valence-electron chi connectivity index (χ4n) is 2.91. The molecule has 3 aromatic rings. The summed E-state index contributed by atoms with van der Waals surface area (Å²) in [5, 5.41) is 9.02. The average molecular weight is 324 g/mol. The molecule has 1 aliphatic rings. The van der Waals surface area contributed by atoms with Gasteiger partial charge in [0.15, 0.2) is 10.8 Å². The van der Waals surface area contributed by atoms with Crippen molar-refractivity contribution in [2.75, 3.05) is 17.2 Å². The zero-order valence-corrected chi connectivity index (χ0v) is 13.4. The van der Waals surface area contributed by atoms with Crippen LogP contribution in [0.3, 0.4) is 0 Å². The van der Waals surface area contributed by atoms with E-state index < -0.39 is 0 Å². The van der Waals surface area contributed by atoms with Crippen LogP contribution in [0, 0.1) is 0 Å². The lowest BCUT2D eigenvalue weighted by Gasteiger charge is -2.29. The molecule has 116 valence electrons. The van der Waals surface area contributed by atoms with E-state index in [9.17, 15) is 4.79 Å². The molecular weight excluding hydrogens is 308 g/mol. The van der Waals surface area contributed by atoms with Gasteiger partial charge in [-0.2, -0.15) is 0 Å². The highest BCUT2D eigenvalue weighted by Crippen LogP contribution is 2.28. The second-order valence-electron chi connectivity index (χ2n) is 5.48. The molecule has 0 saturated carbocycles. The van der Waals surface area contributed by atoms with Gasteiger partial charge in [0.25, 0.3) is 0 Å². The molecule has 6 heteroatoms. The maximum absolute atomic E-state index is 12.6. The molecule has 1 aliphatic heterocycles. The third kappa shape index (κ3) is 2.70. The molecule has 0 radical (unpaired) electrons. The van der Waals surface area contributed by atoms with Crippen molar-refractivity contribution in [2.24, 2.45) is 0 Å². The monoisotopic (exact) mass is 324 g/mol. The van der Waals surface area contributed by atoms with E-state index in [0.717, 1.165) is 35.9 Å². The number of aryl methyl sites for hydroxylation is 1. The lowest BCUT2D eigenvalue weighted by molar-refractivity contribution is -0.116. The number of carbonyl (C=O) groups excluding carboxylic acids is 1. The van der Waals surface area contributed by atoms with Crippen LogP contribution in [0.5, 0.6) is 0 Å². The predicted octanol–water partition coefficient (Wildman–Crippen LogP) is 2.80. The molecule has 0 N–H and O–H groups in total. The minimum atomic E-state index is 0.120. The van der Waals surface area contributed by atoms with Crippen LogP contribution >= 0.6 is 11.8 Å². The molecule has 2 aromatic heterocycles. The number of rotatable bonds is 3. The number of hydrogen-bond donors (Lipinski definition) is 0. The van der Waals surface area contributed by atoms with E-state index in [1.54, 1.807) is 0 Å². The first-order valence-electron chi connectivity index (χ1n) is 7.64.